The fourth-order valence-electron chi connectivity index (χ4n) is 2.10. The number of halogens is 1. The van der Waals surface area contributed by atoms with Crippen LogP contribution < -0.4 is 4.72 Å². The monoisotopic (exact) mass is 340 g/mol. The summed E-state index contributed by atoms with van der Waals surface area (Å²) in [5.74, 6) is -0.104. The molecule has 2 rings (SSSR count). The average molecular weight is 341 g/mol. The molecule has 0 aliphatic heterocycles. The number of nitrogens with zero attached hydrogens (tertiary/aromatic N) is 1. The predicted molar refractivity (Wildman–Crippen MR) is 85.3 cm³/mol. The third kappa shape index (κ3) is 4.51. The van der Waals surface area contributed by atoms with Crippen molar-refractivity contribution in [3.8, 4) is 0 Å². The molecule has 1 aromatic heterocycles. The van der Waals surface area contributed by atoms with Crippen molar-refractivity contribution in [1.82, 2.24) is 9.71 Å². The van der Waals surface area contributed by atoms with Crippen LogP contribution in [0.25, 0.3) is 0 Å². The Labute approximate surface area is 135 Å². The van der Waals surface area contributed by atoms with Gasteiger partial charge in [-0.3, -0.25) is 4.98 Å². The Morgan fingerprint density at radius 1 is 1.23 bits per heavy atom. The second-order valence-electron chi connectivity index (χ2n) is 4.81. The molecule has 1 unspecified atom stereocenters. The summed E-state index contributed by atoms with van der Waals surface area (Å²) in [5.41, 5.74) is 0.975. The van der Waals surface area contributed by atoms with Crippen LogP contribution >= 0.6 is 11.6 Å². The van der Waals surface area contributed by atoms with Crippen LogP contribution in [-0.4, -0.2) is 31.7 Å². The van der Waals surface area contributed by atoms with E-state index in [1.807, 2.05) is 30.3 Å². The lowest BCUT2D eigenvalue weighted by Crippen LogP contribution is -2.29. The van der Waals surface area contributed by atoms with Crippen molar-refractivity contribution in [1.29, 1.82) is 0 Å². The molecule has 1 atom stereocenters. The van der Waals surface area contributed by atoms with E-state index < -0.39 is 10.0 Å². The molecule has 22 heavy (non-hydrogen) atoms. The molecule has 1 aromatic carbocycles. The number of rotatable bonds is 7. The van der Waals surface area contributed by atoms with Gasteiger partial charge in [-0.15, -0.1) is 0 Å². The fraction of sp³-hybridized carbons (Fsp3) is 0.267. The Morgan fingerprint density at radius 3 is 2.59 bits per heavy atom. The van der Waals surface area contributed by atoms with Crippen molar-refractivity contribution >= 4 is 21.6 Å². The average Bonchev–Trinajstić information content (AvgIpc) is 2.52. The lowest BCUT2D eigenvalue weighted by Gasteiger charge is -2.17. The maximum atomic E-state index is 12.3. The van der Waals surface area contributed by atoms with E-state index in [-0.39, 0.29) is 29.0 Å². The Morgan fingerprint density at radius 2 is 1.95 bits per heavy atom. The lowest BCUT2D eigenvalue weighted by molar-refractivity contribution is 0.275. The van der Waals surface area contributed by atoms with Gasteiger partial charge in [0.15, 0.2) is 0 Å². The lowest BCUT2D eigenvalue weighted by atomic mass is 9.96. The van der Waals surface area contributed by atoms with Gasteiger partial charge < -0.3 is 5.11 Å². The molecule has 0 aliphatic carbocycles. The van der Waals surface area contributed by atoms with E-state index in [0.29, 0.717) is 6.42 Å². The Balaban J connectivity index is 2.12. The zero-order valence-corrected chi connectivity index (χ0v) is 13.4. The van der Waals surface area contributed by atoms with Crippen LogP contribution in [0.2, 0.25) is 5.02 Å². The molecule has 0 spiro atoms. The first-order chi connectivity index (χ1) is 10.5. The van der Waals surface area contributed by atoms with Crippen molar-refractivity contribution in [2.45, 2.75) is 17.2 Å². The van der Waals surface area contributed by atoms with Gasteiger partial charge in [0, 0.05) is 25.5 Å². The van der Waals surface area contributed by atoms with E-state index in [4.69, 9.17) is 11.6 Å². The standard InChI is InChI=1S/C15H17ClN2O3S/c16-14-8-15(11-17-10-14)22(20,21)18-9-13(6-7-19)12-4-2-1-3-5-12/h1-5,8,10-11,13,18-19H,6-7,9H2. The topological polar surface area (TPSA) is 79.3 Å². The number of hydrogen-bond donors (Lipinski definition) is 2. The van der Waals surface area contributed by atoms with Crippen LogP contribution in [0.4, 0.5) is 0 Å². The molecule has 0 saturated heterocycles. The minimum atomic E-state index is -3.68. The third-order valence-electron chi connectivity index (χ3n) is 3.26. The third-order valence-corrected chi connectivity index (χ3v) is 4.86. The number of aliphatic hydroxyl groups excluding tert-OH is 1. The summed E-state index contributed by atoms with van der Waals surface area (Å²) in [6, 6.07) is 10.8. The highest BCUT2D eigenvalue weighted by Crippen LogP contribution is 2.20. The van der Waals surface area contributed by atoms with Crippen molar-refractivity contribution in [2.24, 2.45) is 0 Å². The van der Waals surface area contributed by atoms with Gasteiger partial charge in [-0.05, 0) is 24.0 Å². The van der Waals surface area contributed by atoms with E-state index in [9.17, 15) is 13.5 Å². The van der Waals surface area contributed by atoms with Crippen LogP contribution in [0.15, 0.2) is 53.7 Å². The van der Waals surface area contributed by atoms with Crippen molar-refractivity contribution < 1.29 is 13.5 Å². The maximum Gasteiger partial charge on any atom is 0.242 e. The summed E-state index contributed by atoms with van der Waals surface area (Å²) in [6.07, 6.45) is 3.09. The molecule has 2 N–H and O–H groups in total. The summed E-state index contributed by atoms with van der Waals surface area (Å²) in [5, 5.41) is 9.44. The molecule has 0 amide bonds. The molecule has 7 heteroatoms. The highest BCUT2D eigenvalue weighted by Gasteiger charge is 2.18. The Kier molecular flexibility index (Phi) is 5.90. The first-order valence-electron chi connectivity index (χ1n) is 6.79. The number of sulfonamides is 1. The van der Waals surface area contributed by atoms with Crippen LogP contribution in [0, 0.1) is 0 Å². The zero-order chi connectivity index (χ0) is 16.0. The van der Waals surface area contributed by atoms with Gasteiger partial charge in [-0.1, -0.05) is 41.9 Å². The molecule has 118 valence electrons. The van der Waals surface area contributed by atoms with Gasteiger partial charge in [-0.2, -0.15) is 0 Å². The quantitative estimate of drug-likeness (QED) is 0.809. The Hall–Kier alpha value is -1.47. The second kappa shape index (κ2) is 7.69. The number of benzene rings is 1. The number of pyridine rings is 1. The molecule has 0 radical (unpaired) electrons. The highest BCUT2D eigenvalue weighted by molar-refractivity contribution is 7.89. The highest BCUT2D eigenvalue weighted by atomic mass is 35.5. The fourth-order valence-corrected chi connectivity index (χ4v) is 3.41. The van der Waals surface area contributed by atoms with Gasteiger partial charge in [0.1, 0.15) is 4.90 Å². The number of nitrogens with one attached hydrogen (secondary N) is 1. The van der Waals surface area contributed by atoms with Crippen molar-refractivity contribution in [3.63, 3.8) is 0 Å². The first kappa shape index (κ1) is 16.9. The number of aliphatic hydroxyl groups is 1. The van der Waals surface area contributed by atoms with E-state index >= 15 is 0 Å². The summed E-state index contributed by atoms with van der Waals surface area (Å²) in [6.45, 7) is 0.180. The van der Waals surface area contributed by atoms with Gasteiger partial charge >= 0.3 is 0 Å². The maximum absolute atomic E-state index is 12.3. The van der Waals surface area contributed by atoms with E-state index in [1.54, 1.807) is 0 Å². The molecule has 0 saturated carbocycles. The molecular weight excluding hydrogens is 324 g/mol. The SMILES string of the molecule is O=S(=O)(NCC(CCO)c1ccccc1)c1cncc(Cl)c1. The van der Waals surface area contributed by atoms with E-state index in [1.165, 1.54) is 18.5 Å². The zero-order valence-electron chi connectivity index (χ0n) is 11.8. The van der Waals surface area contributed by atoms with Gasteiger partial charge in [0.2, 0.25) is 10.0 Å². The summed E-state index contributed by atoms with van der Waals surface area (Å²) < 4.78 is 27.1. The van der Waals surface area contributed by atoms with Gasteiger partial charge in [0.05, 0.1) is 5.02 Å². The van der Waals surface area contributed by atoms with E-state index in [2.05, 4.69) is 9.71 Å². The molecule has 0 fully saturated rings. The second-order valence-corrected chi connectivity index (χ2v) is 7.01. The summed E-state index contributed by atoms with van der Waals surface area (Å²) in [4.78, 5) is 3.80. The minimum absolute atomic E-state index is 0.0139. The minimum Gasteiger partial charge on any atom is -0.396 e. The van der Waals surface area contributed by atoms with Crippen LogP contribution in [0.5, 0.6) is 0 Å². The van der Waals surface area contributed by atoms with Crippen LogP contribution in [0.1, 0.15) is 17.9 Å². The summed E-state index contributed by atoms with van der Waals surface area (Å²) in [7, 11) is -3.68. The van der Waals surface area contributed by atoms with Crippen molar-refractivity contribution in [3.05, 3.63) is 59.4 Å². The van der Waals surface area contributed by atoms with Crippen LogP contribution in [-0.2, 0) is 10.0 Å². The van der Waals surface area contributed by atoms with Gasteiger partial charge in [-0.25, -0.2) is 13.1 Å². The predicted octanol–water partition coefficient (Wildman–Crippen LogP) is 2.18. The summed E-state index contributed by atoms with van der Waals surface area (Å²) >= 11 is 5.77. The molecule has 5 nitrogen and oxygen atoms in total. The molecule has 1 heterocycles. The first-order valence-corrected chi connectivity index (χ1v) is 8.65. The molecular formula is C15H17ClN2O3S. The molecule has 2 aromatic rings. The smallest absolute Gasteiger partial charge is 0.242 e. The normalized spacial score (nSPS) is 13.0. The van der Waals surface area contributed by atoms with E-state index in [0.717, 1.165) is 5.56 Å². The molecule has 0 aliphatic rings. The number of hydrogen-bond acceptors (Lipinski definition) is 4. The van der Waals surface area contributed by atoms with Crippen molar-refractivity contribution in [2.75, 3.05) is 13.2 Å². The van der Waals surface area contributed by atoms with Gasteiger partial charge in [0.25, 0.3) is 0 Å². The molecule has 0 bridgehead atoms. The number of aromatic nitrogens is 1. The largest absolute Gasteiger partial charge is 0.396 e. The van der Waals surface area contributed by atoms with Crippen LogP contribution in [0.3, 0.4) is 0 Å². The Bertz CT molecular complexity index is 708.